The summed E-state index contributed by atoms with van der Waals surface area (Å²) in [6.07, 6.45) is 0. The molecule has 8 nitrogen and oxygen atoms in total. The van der Waals surface area contributed by atoms with E-state index >= 15 is 0 Å². The van der Waals surface area contributed by atoms with E-state index in [9.17, 15) is 19.2 Å². The van der Waals surface area contributed by atoms with Gasteiger partial charge in [0.2, 0.25) is 0 Å². The summed E-state index contributed by atoms with van der Waals surface area (Å²) in [5.41, 5.74) is 5.43. The molecule has 0 aliphatic heterocycles. The van der Waals surface area contributed by atoms with Crippen molar-refractivity contribution in [2.75, 3.05) is 0 Å². The van der Waals surface area contributed by atoms with E-state index in [4.69, 9.17) is 18.9 Å². The maximum absolute atomic E-state index is 12.2. The van der Waals surface area contributed by atoms with Crippen molar-refractivity contribution in [3.63, 3.8) is 0 Å². The number of carbonyl (C=O) groups excluding carboxylic acids is 4. The van der Waals surface area contributed by atoms with Crippen LogP contribution in [0.2, 0.25) is 0 Å². The van der Waals surface area contributed by atoms with Gasteiger partial charge in [0.15, 0.2) is 23.0 Å². The molecule has 0 amide bonds. The van der Waals surface area contributed by atoms with E-state index in [1.54, 1.807) is 24.3 Å². The van der Waals surface area contributed by atoms with Crippen LogP contribution in [0.15, 0.2) is 121 Å². The van der Waals surface area contributed by atoms with Gasteiger partial charge in [0, 0.05) is 33.9 Å². The molecule has 0 spiro atoms. The fourth-order valence-electron chi connectivity index (χ4n) is 3.97. The first-order valence-electron chi connectivity index (χ1n) is 14.2. The van der Waals surface area contributed by atoms with Crippen LogP contribution in [0.5, 0.6) is 23.0 Å². The highest BCUT2D eigenvalue weighted by atomic mass is 16.6. The summed E-state index contributed by atoms with van der Waals surface area (Å²) >= 11 is 0. The molecule has 0 aliphatic rings. The molecule has 4 rings (SSSR count). The van der Waals surface area contributed by atoms with Gasteiger partial charge in [-0.25, -0.2) is 14.4 Å². The van der Waals surface area contributed by atoms with E-state index < -0.39 is 17.9 Å². The van der Waals surface area contributed by atoms with E-state index in [-0.39, 0.29) is 46.2 Å². The smallest absolute Gasteiger partial charge is 0.338 e. The largest absolute Gasteiger partial charge is 0.425 e. The van der Waals surface area contributed by atoms with Crippen molar-refractivity contribution in [1.82, 2.24) is 0 Å². The van der Waals surface area contributed by atoms with Crippen molar-refractivity contribution in [1.29, 1.82) is 0 Å². The maximum Gasteiger partial charge on any atom is 0.338 e. The van der Waals surface area contributed by atoms with Crippen LogP contribution in [0.3, 0.4) is 0 Å². The number of hydrogen-bond acceptors (Lipinski definition) is 8. The Morgan fingerprint density at radius 1 is 0.511 bits per heavy atom. The molecule has 0 bridgehead atoms. The Balaban J connectivity index is 1.51. The number of ether oxygens (including phenoxy) is 4. The average Bonchev–Trinajstić information content (AvgIpc) is 3.05. The molecule has 0 aromatic heterocycles. The lowest BCUT2D eigenvalue weighted by Gasteiger charge is -2.11. The Kier molecular flexibility index (Phi) is 10.7. The van der Waals surface area contributed by atoms with E-state index in [2.05, 4.69) is 31.6 Å². The zero-order valence-corrected chi connectivity index (χ0v) is 26.0. The van der Waals surface area contributed by atoms with Gasteiger partial charge in [-0.1, -0.05) is 74.0 Å². The molecule has 4 aromatic rings. The van der Waals surface area contributed by atoms with Crippen molar-refractivity contribution < 1.29 is 38.1 Å². The summed E-state index contributed by atoms with van der Waals surface area (Å²) in [6, 6.07) is 25.0. The average molecular weight is 627 g/mol. The van der Waals surface area contributed by atoms with Crippen LogP contribution in [-0.2, 0) is 19.2 Å². The zero-order chi connectivity index (χ0) is 34.1. The van der Waals surface area contributed by atoms with Crippen LogP contribution in [0, 0.1) is 11.8 Å². The summed E-state index contributed by atoms with van der Waals surface area (Å²) in [7, 11) is 0. The lowest BCUT2D eigenvalue weighted by molar-refractivity contribution is -0.132. The van der Waals surface area contributed by atoms with Crippen molar-refractivity contribution in [3.8, 4) is 57.1 Å². The Hall–Kier alpha value is -6.46. The predicted octanol–water partition coefficient (Wildman–Crippen LogP) is 7.40. The number of rotatable bonds is 10. The molecule has 0 heterocycles. The first-order chi connectivity index (χ1) is 22.4. The summed E-state index contributed by atoms with van der Waals surface area (Å²) in [6.45, 7) is 15.5. The second-order valence-corrected chi connectivity index (χ2v) is 10.5. The molecule has 4 aromatic carbocycles. The van der Waals surface area contributed by atoms with Crippen LogP contribution >= 0.6 is 0 Å². The summed E-state index contributed by atoms with van der Waals surface area (Å²) in [5, 5.41) is 0. The third-order valence-electron chi connectivity index (χ3n) is 6.50. The van der Waals surface area contributed by atoms with Gasteiger partial charge in [-0.3, -0.25) is 4.79 Å². The van der Waals surface area contributed by atoms with E-state index in [1.165, 1.54) is 32.9 Å². The number of hydrogen-bond donors (Lipinski definition) is 0. The summed E-state index contributed by atoms with van der Waals surface area (Å²) < 4.78 is 21.0. The lowest BCUT2D eigenvalue weighted by Crippen LogP contribution is -2.12. The minimum absolute atomic E-state index is 0.0350. The number of benzene rings is 4. The summed E-state index contributed by atoms with van der Waals surface area (Å²) in [4.78, 5) is 47.2. The molecule has 47 heavy (non-hydrogen) atoms. The molecule has 0 N–H and O–H groups in total. The second kappa shape index (κ2) is 15.0. The fraction of sp³-hybridized carbons (Fsp3) is 0.0769. The molecule has 0 fully saturated rings. The van der Waals surface area contributed by atoms with Crippen molar-refractivity contribution in [2.24, 2.45) is 0 Å². The molecule has 0 atom stereocenters. The highest BCUT2D eigenvalue weighted by Gasteiger charge is 2.16. The highest BCUT2D eigenvalue weighted by molar-refractivity contribution is 5.91. The molecule has 0 aliphatic carbocycles. The SMILES string of the molecule is C=C(C)C(=O)Oc1ccc(-c2ccc(-c3ccc(C#Cc4ccc(OC(=O)C(=C)C)c(OC(=O)C(=C)C)c4)cc3)cc2)cc1OC=O. The monoisotopic (exact) mass is 626 g/mol. The number of carbonyl (C=O) groups is 4. The zero-order valence-electron chi connectivity index (χ0n) is 26.0. The third kappa shape index (κ3) is 8.81. The molecule has 0 unspecified atom stereocenters. The van der Waals surface area contributed by atoms with Crippen LogP contribution in [-0.4, -0.2) is 24.4 Å². The quantitative estimate of drug-likeness (QED) is 0.0590. The Bertz CT molecular complexity index is 1970. The maximum atomic E-state index is 12.2. The van der Waals surface area contributed by atoms with Gasteiger partial charge in [-0.05, 0) is 79.4 Å². The van der Waals surface area contributed by atoms with Crippen molar-refractivity contribution >= 4 is 24.4 Å². The van der Waals surface area contributed by atoms with Crippen LogP contribution in [0.4, 0.5) is 0 Å². The van der Waals surface area contributed by atoms with Crippen LogP contribution in [0.25, 0.3) is 22.3 Å². The number of esters is 3. The Labute approximate surface area is 272 Å². The molecule has 234 valence electrons. The molecule has 0 saturated carbocycles. The third-order valence-corrected chi connectivity index (χ3v) is 6.50. The van der Waals surface area contributed by atoms with Gasteiger partial charge in [0.1, 0.15) is 0 Å². The van der Waals surface area contributed by atoms with E-state index in [0.717, 1.165) is 27.8 Å². The Morgan fingerprint density at radius 2 is 0.894 bits per heavy atom. The molecular formula is C39H30O8. The molecule has 0 radical (unpaired) electrons. The molecule has 8 heteroatoms. The predicted molar refractivity (Wildman–Crippen MR) is 178 cm³/mol. The topological polar surface area (TPSA) is 105 Å². The minimum Gasteiger partial charge on any atom is -0.425 e. The van der Waals surface area contributed by atoms with Gasteiger partial charge in [0.25, 0.3) is 6.47 Å². The van der Waals surface area contributed by atoms with Crippen molar-refractivity contribution in [3.05, 3.63) is 133 Å². The second-order valence-electron chi connectivity index (χ2n) is 10.5. The normalized spacial score (nSPS) is 10.0. The van der Waals surface area contributed by atoms with Crippen molar-refractivity contribution in [2.45, 2.75) is 20.8 Å². The summed E-state index contributed by atoms with van der Waals surface area (Å²) in [5.74, 6) is 4.51. The standard InChI is InChI=1S/C39H30O8/c1-24(2)37(41)45-33-20-18-32(22-35(33)44-23-40)31-16-14-30(15-17-31)29-12-9-27(10-13-29)7-8-28-11-19-34(46-38(42)25(3)4)36(21-28)47-39(43)26(5)6/h9-23H,1,3,5H2,2,4,6H3. The van der Waals surface area contributed by atoms with Gasteiger partial charge in [-0.15, -0.1) is 0 Å². The molecule has 0 saturated heterocycles. The fourth-order valence-corrected chi connectivity index (χ4v) is 3.97. The van der Waals surface area contributed by atoms with E-state index in [1.807, 2.05) is 48.5 Å². The van der Waals surface area contributed by atoms with Gasteiger partial charge in [0.05, 0.1) is 0 Å². The van der Waals surface area contributed by atoms with Gasteiger partial charge < -0.3 is 18.9 Å². The first kappa shape index (κ1) is 33.4. The first-order valence-corrected chi connectivity index (χ1v) is 14.2. The Morgan fingerprint density at radius 3 is 1.40 bits per heavy atom. The van der Waals surface area contributed by atoms with Gasteiger partial charge >= 0.3 is 17.9 Å². The van der Waals surface area contributed by atoms with Crippen LogP contribution in [0.1, 0.15) is 31.9 Å². The van der Waals surface area contributed by atoms with Gasteiger partial charge in [-0.2, -0.15) is 0 Å². The highest BCUT2D eigenvalue weighted by Crippen LogP contribution is 2.34. The lowest BCUT2D eigenvalue weighted by atomic mass is 9.99. The minimum atomic E-state index is -0.664. The van der Waals surface area contributed by atoms with Crippen LogP contribution < -0.4 is 18.9 Å². The molecular weight excluding hydrogens is 596 g/mol. The van der Waals surface area contributed by atoms with E-state index in [0.29, 0.717) is 5.56 Å².